The zero-order chi connectivity index (χ0) is 17.9. The number of rotatable bonds is 7. The molecule has 0 spiro atoms. The van der Waals surface area contributed by atoms with Crippen LogP contribution in [0.2, 0.25) is 0 Å². The van der Waals surface area contributed by atoms with Crippen molar-refractivity contribution in [3.8, 4) is 0 Å². The molecule has 1 aromatic heterocycles. The minimum absolute atomic E-state index is 0.0329. The first-order valence-corrected chi connectivity index (χ1v) is 9.48. The molecule has 0 bridgehead atoms. The molecule has 0 aliphatic carbocycles. The molecule has 7 nitrogen and oxygen atoms in total. The molecule has 0 atom stereocenters. The van der Waals surface area contributed by atoms with Gasteiger partial charge in [-0.25, -0.2) is 18.0 Å². The Kier molecular flexibility index (Phi) is 5.61. The third-order valence-electron chi connectivity index (χ3n) is 3.78. The molecule has 132 valence electrons. The van der Waals surface area contributed by atoms with E-state index in [-0.39, 0.29) is 10.3 Å². The lowest BCUT2D eigenvalue weighted by atomic mass is 10.2. The van der Waals surface area contributed by atoms with Crippen molar-refractivity contribution in [1.82, 2.24) is 8.87 Å². The first kappa shape index (κ1) is 18.4. The van der Waals surface area contributed by atoms with E-state index in [2.05, 4.69) is 4.42 Å². The molecule has 0 amide bonds. The molecule has 0 radical (unpaired) electrons. The summed E-state index contributed by atoms with van der Waals surface area (Å²) in [5.41, 5.74) is -0.454. The summed E-state index contributed by atoms with van der Waals surface area (Å²) in [4.78, 5) is 23.7. The third-order valence-corrected chi connectivity index (χ3v) is 5.67. The number of nitrogens with zero attached hydrogens (tertiary/aromatic N) is 2. The van der Waals surface area contributed by atoms with Crippen molar-refractivity contribution in [1.29, 1.82) is 0 Å². The topological polar surface area (TPSA) is 89.6 Å². The van der Waals surface area contributed by atoms with Crippen LogP contribution in [0, 0.1) is 0 Å². The van der Waals surface area contributed by atoms with Crippen LogP contribution >= 0.6 is 0 Å². The zero-order valence-electron chi connectivity index (χ0n) is 14.1. The van der Waals surface area contributed by atoms with Crippen LogP contribution in [0.25, 0.3) is 10.9 Å². The standard InChI is InChI=1S/C16H22N2O5S/c1-4-9-17(10-5-2)24(21,22)12-7-8-14-13(11-12)15(19)23-16(20)18(14)6-3/h7-8,11H,4-6,9-10H2,1-3H3. The predicted octanol–water partition coefficient (Wildman–Crippen LogP) is 1.79. The highest BCUT2D eigenvalue weighted by atomic mass is 32.2. The number of sulfonamides is 1. The summed E-state index contributed by atoms with van der Waals surface area (Å²) >= 11 is 0. The summed E-state index contributed by atoms with van der Waals surface area (Å²) < 4.78 is 33.0. The van der Waals surface area contributed by atoms with Gasteiger partial charge in [0.25, 0.3) is 0 Å². The summed E-state index contributed by atoms with van der Waals surface area (Å²) in [6.45, 7) is 6.72. The highest BCUT2D eigenvalue weighted by molar-refractivity contribution is 7.89. The molecule has 0 unspecified atom stereocenters. The molecule has 0 aliphatic heterocycles. The van der Waals surface area contributed by atoms with Crippen LogP contribution < -0.4 is 11.4 Å². The Morgan fingerprint density at radius 3 is 2.25 bits per heavy atom. The molecule has 1 heterocycles. The fraction of sp³-hybridized carbons (Fsp3) is 0.500. The molecular weight excluding hydrogens is 332 g/mol. The highest BCUT2D eigenvalue weighted by Gasteiger charge is 2.24. The number of aryl methyl sites for hydroxylation is 1. The van der Waals surface area contributed by atoms with Crippen LogP contribution in [0.15, 0.2) is 37.1 Å². The molecule has 0 saturated carbocycles. The van der Waals surface area contributed by atoms with Crippen LogP contribution in [-0.4, -0.2) is 30.4 Å². The van der Waals surface area contributed by atoms with Crippen LogP contribution in [0.5, 0.6) is 0 Å². The van der Waals surface area contributed by atoms with E-state index in [4.69, 9.17) is 0 Å². The molecule has 0 aliphatic rings. The van der Waals surface area contributed by atoms with E-state index in [9.17, 15) is 18.0 Å². The van der Waals surface area contributed by atoms with E-state index in [0.717, 1.165) is 0 Å². The van der Waals surface area contributed by atoms with Gasteiger partial charge in [-0.2, -0.15) is 4.31 Å². The fourth-order valence-corrected chi connectivity index (χ4v) is 4.31. The van der Waals surface area contributed by atoms with Gasteiger partial charge in [0, 0.05) is 19.6 Å². The van der Waals surface area contributed by atoms with E-state index in [1.807, 2.05) is 13.8 Å². The van der Waals surface area contributed by atoms with Gasteiger partial charge in [-0.05, 0) is 38.0 Å². The summed E-state index contributed by atoms with van der Waals surface area (Å²) in [7, 11) is -3.70. The Morgan fingerprint density at radius 2 is 1.71 bits per heavy atom. The maximum absolute atomic E-state index is 12.8. The van der Waals surface area contributed by atoms with Crippen LogP contribution in [-0.2, 0) is 16.6 Å². The van der Waals surface area contributed by atoms with E-state index in [1.165, 1.54) is 27.1 Å². The largest absolute Gasteiger partial charge is 0.422 e. The van der Waals surface area contributed by atoms with Gasteiger partial charge < -0.3 is 4.42 Å². The van der Waals surface area contributed by atoms with Gasteiger partial charge >= 0.3 is 11.4 Å². The Balaban J connectivity index is 2.66. The van der Waals surface area contributed by atoms with E-state index in [1.54, 1.807) is 6.92 Å². The molecule has 8 heteroatoms. The van der Waals surface area contributed by atoms with Gasteiger partial charge in [0.2, 0.25) is 10.0 Å². The van der Waals surface area contributed by atoms with Crippen molar-refractivity contribution < 1.29 is 12.8 Å². The van der Waals surface area contributed by atoms with Crippen molar-refractivity contribution >= 4 is 20.9 Å². The SMILES string of the molecule is CCCN(CCC)S(=O)(=O)c1ccc2c(c1)c(=O)oc(=O)n2CC. The number of fused-ring (bicyclic) bond motifs is 1. The molecule has 1 aromatic carbocycles. The second kappa shape index (κ2) is 7.31. The average Bonchev–Trinajstić information content (AvgIpc) is 2.54. The molecular formula is C16H22N2O5S. The summed E-state index contributed by atoms with van der Waals surface area (Å²) in [6, 6.07) is 4.21. The molecule has 0 fully saturated rings. The lowest BCUT2D eigenvalue weighted by Gasteiger charge is -2.21. The van der Waals surface area contributed by atoms with Gasteiger partial charge in [-0.3, -0.25) is 4.57 Å². The number of hydrogen-bond acceptors (Lipinski definition) is 5. The predicted molar refractivity (Wildman–Crippen MR) is 91.8 cm³/mol. The van der Waals surface area contributed by atoms with Crippen molar-refractivity contribution in [2.45, 2.75) is 45.1 Å². The van der Waals surface area contributed by atoms with Crippen molar-refractivity contribution in [3.63, 3.8) is 0 Å². The maximum atomic E-state index is 12.8. The quantitative estimate of drug-likeness (QED) is 0.756. The molecule has 2 rings (SSSR count). The minimum atomic E-state index is -3.70. The third kappa shape index (κ3) is 3.29. The van der Waals surface area contributed by atoms with Gasteiger partial charge in [0.05, 0.1) is 15.8 Å². The lowest BCUT2D eigenvalue weighted by Crippen LogP contribution is -2.32. The smallest absolute Gasteiger partial charge is 0.372 e. The van der Waals surface area contributed by atoms with Gasteiger partial charge in [0.1, 0.15) is 0 Å². The second-order valence-electron chi connectivity index (χ2n) is 5.48. The molecule has 24 heavy (non-hydrogen) atoms. The second-order valence-corrected chi connectivity index (χ2v) is 7.42. The average molecular weight is 354 g/mol. The van der Waals surface area contributed by atoms with Gasteiger partial charge in [-0.1, -0.05) is 13.8 Å². The number of hydrogen-bond donors (Lipinski definition) is 0. The van der Waals surface area contributed by atoms with Crippen LogP contribution in [0.4, 0.5) is 0 Å². The summed E-state index contributed by atoms with van der Waals surface area (Å²) in [5.74, 6) is -0.746. The van der Waals surface area contributed by atoms with E-state index >= 15 is 0 Å². The molecule has 0 saturated heterocycles. The molecule has 2 aromatic rings. The molecule has 0 N–H and O–H groups in total. The van der Waals surface area contributed by atoms with Gasteiger partial charge in [-0.15, -0.1) is 0 Å². The highest BCUT2D eigenvalue weighted by Crippen LogP contribution is 2.20. The Labute approximate surface area is 140 Å². The van der Waals surface area contributed by atoms with Crippen molar-refractivity contribution in [2.75, 3.05) is 13.1 Å². The Morgan fingerprint density at radius 1 is 1.08 bits per heavy atom. The van der Waals surface area contributed by atoms with Gasteiger partial charge in [0.15, 0.2) is 0 Å². The summed E-state index contributed by atoms with van der Waals surface area (Å²) in [5, 5.41) is 0.0884. The summed E-state index contributed by atoms with van der Waals surface area (Å²) in [6.07, 6.45) is 1.40. The van der Waals surface area contributed by atoms with Crippen molar-refractivity contribution in [2.24, 2.45) is 0 Å². The zero-order valence-corrected chi connectivity index (χ0v) is 14.9. The normalized spacial score (nSPS) is 12.2. The number of benzene rings is 1. The lowest BCUT2D eigenvalue weighted by molar-refractivity contribution is 0.409. The maximum Gasteiger partial charge on any atom is 0.422 e. The first-order chi connectivity index (χ1) is 11.4. The van der Waals surface area contributed by atoms with Crippen LogP contribution in [0.1, 0.15) is 33.6 Å². The van der Waals surface area contributed by atoms with E-state index < -0.39 is 21.4 Å². The first-order valence-electron chi connectivity index (χ1n) is 8.04. The van der Waals surface area contributed by atoms with Crippen molar-refractivity contribution in [3.05, 3.63) is 39.2 Å². The Bertz CT molecular complexity index is 937. The van der Waals surface area contributed by atoms with E-state index in [0.29, 0.717) is 38.0 Å². The minimum Gasteiger partial charge on any atom is -0.372 e. The Hall–Kier alpha value is -1.93. The number of aromatic nitrogens is 1. The van der Waals surface area contributed by atoms with Crippen LogP contribution in [0.3, 0.4) is 0 Å². The fourth-order valence-electron chi connectivity index (χ4n) is 2.66. The monoisotopic (exact) mass is 354 g/mol.